The molecule has 2 nitrogen and oxygen atoms in total. The Labute approximate surface area is 121 Å². The molecular formula is C15H16F2N2S. The summed E-state index contributed by atoms with van der Waals surface area (Å²) in [4.78, 5) is 6.66. The molecule has 1 aromatic heterocycles. The zero-order chi connectivity index (χ0) is 14.0. The van der Waals surface area contributed by atoms with Gasteiger partial charge in [-0.25, -0.2) is 13.8 Å². The number of halogens is 2. The average molecular weight is 294 g/mol. The SMILES string of the molecule is FC1(F)CCN(Cc2csc(-c3ccccc3)n2)CC1. The van der Waals surface area contributed by atoms with Gasteiger partial charge >= 0.3 is 0 Å². The fraction of sp³-hybridized carbons (Fsp3) is 0.400. The van der Waals surface area contributed by atoms with Crippen LogP contribution in [0.1, 0.15) is 18.5 Å². The smallest absolute Gasteiger partial charge is 0.250 e. The molecule has 20 heavy (non-hydrogen) atoms. The fourth-order valence-corrected chi connectivity index (χ4v) is 3.18. The van der Waals surface area contributed by atoms with Crippen molar-refractivity contribution in [1.82, 2.24) is 9.88 Å². The third-order valence-electron chi connectivity index (χ3n) is 3.55. The summed E-state index contributed by atoms with van der Waals surface area (Å²) in [6, 6.07) is 10.0. The van der Waals surface area contributed by atoms with E-state index in [1.54, 1.807) is 11.3 Å². The highest BCUT2D eigenvalue weighted by Gasteiger charge is 2.33. The van der Waals surface area contributed by atoms with Gasteiger partial charge in [-0.05, 0) is 0 Å². The van der Waals surface area contributed by atoms with E-state index in [9.17, 15) is 8.78 Å². The fourth-order valence-electron chi connectivity index (χ4n) is 2.36. The lowest BCUT2D eigenvalue weighted by Gasteiger charge is -2.31. The summed E-state index contributed by atoms with van der Waals surface area (Å²) >= 11 is 1.61. The average Bonchev–Trinajstić information content (AvgIpc) is 2.91. The number of rotatable bonds is 3. The highest BCUT2D eigenvalue weighted by Crippen LogP contribution is 2.29. The van der Waals surface area contributed by atoms with Crippen LogP contribution in [0.5, 0.6) is 0 Å². The molecule has 1 aliphatic rings. The van der Waals surface area contributed by atoms with Crippen molar-refractivity contribution in [3.8, 4) is 10.6 Å². The number of nitrogens with zero attached hydrogens (tertiary/aromatic N) is 2. The Hall–Kier alpha value is -1.33. The van der Waals surface area contributed by atoms with Gasteiger partial charge < -0.3 is 0 Å². The van der Waals surface area contributed by atoms with Crippen molar-refractivity contribution < 1.29 is 8.78 Å². The van der Waals surface area contributed by atoms with E-state index >= 15 is 0 Å². The second kappa shape index (κ2) is 5.58. The van der Waals surface area contributed by atoms with Crippen molar-refractivity contribution in [2.45, 2.75) is 25.3 Å². The summed E-state index contributed by atoms with van der Waals surface area (Å²) in [6.07, 6.45) is -0.0780. The van der Waals surface area contributed by atoms with Crippen LogP contribution in [0.4, 0.5) is 8.78 Å². The minimum absolute atomic E-state index is 0.0390. The zero-order valence-corrected chi connectivity index (χ0v) is 11.9. The molecule has 1 aliphatic heterocycles. The molecule has 0 radical (unpaired) electrons. The first-order valence-corrected chi connectivity index (χ1v) is 7.60. The van der Waals surface area contributed by atoms with Gasteiger partial charge in [0.25, 0.3) is 5.92 Å². The Morgan fingerprint density at radius 2 is 1.85 bits per heavy atom. The lowest BCUT2D eigenvalue weighted by Crippen LogP contribution is -2.38. The van der Waals surface area contributed by atoms with Crippen LogP contribution < -0.4 is 0 Å². The van der Waals surface area contributed by atoms with Crippen LogP contribution in [0.25, 0.3) is 10.6 Å². The summed E-state index contributed by atoms with van der Waals surface area (Å²) in [5.41, 5.74) is 2.08. The Kier molecular flexibility index (Phi) is 3.81. The Morgan fingerprint density at radius 3 is 2.55 bits per heavy atom. The normalized spacial score (nSPS) is 19.1. The predicted molar refractivity (Wildman–Crippen MR) is 77.0 cm³/mol. The van der Waals surface area contributed by atoms with Crippen molar-refractivity contribution in [2.24, 2.45) is 0 Å². The molecule has 5 heteroatoms. The first kappa shape index (κ1) is 13.6. The maximum atomic E-state index is 13.1. The van der Waals surface area contributed by atoms with Crippen molar-refractivity contribution in [1.29, 1.82) is 0 Å². The summed E-state index contributed by atoms with van der Waals surface area (Å²) in [5.74, 6) is -2.48. The molecule has 1 aromatic carbocycles. The van der Waals surface area contributed by atoms with Crippen LogP contribution in [-0.2, 0) is 6.54 Å². The number of benzene rings is 1. The summed E-state index contributed by atoms with van der Waals surface area (Å²) in [5, 5.41) is 3.01. The quantitative estimate of drug-likeness (QED) is 0.849. The highest BCUT2D eigenvalue weighted by molar-refractivity contribution is 7.13. The molecule has 0 aliphatic carbocycles. The van der Waals surface area contributed by atoms with E-state index in [0.29, 0.717) is 19.6 Å². The summed E-state index contributed by atoms with van der Waals surface area (Å²) in [7, 11) is 0. The van der Waals surface area contributed by atoms with E-state index in [-0.39, 0.29) is 12.8 Å². The highest BCUT2D eigenvalue weighted by atomic mass is 32.1. The van der Waals surface area contributed by atoms with Crippen molar-refractivity contribution in [2.75, 3.05) is 13.1 Å². The van der Waals surface area contributed by atoms with E-state index in [0.717, 1.165) is 16.3 Å². The Morgan fingerprint density at radius 1 is 1.15 bits per heavy atom. The Balaban J connectivity index is 1.64. The van der Waals surface area contributed by atoms with Crippen LogP contribution in [-0.4, -0.2) is 28.9 Å². The third-order valence-corrected chi connectivity index (χ3v) is 4.49. The molecule has 0 spiro atoms. The third kappa shape index (κ3) is 3.22. The van der Waals surface area contributed by atoms with Gasteiger partial charge in [0.1, 0.15) is 5.01 Å². The minimum atomic E-state index is -2.48. The number of hydrogen-bond acceptors (Lipinski definition) is 3. The summed E-state index contributed by atoms with van der Waals surface area (Å²) in [6.45, 7) is 1.57. The molecule has 0 amide bonds. The minimum Gasteiger partial charge on any atom is -0.297 e. The van der Waals surface area contributed by atoms with Crippen LogP contribution in [0.3, 0.4) is 0 Å². The molecule has 0 N–H and O–H groups in total. The second-order valence-corrected chi connectivity index (χ2v) is 6.00. The van der Waals surface area contributed by atoms with E-state index in [1.807, 2.05) is 35.7 Å². The van der Waals surface area contributed by atoms with Crippen LogP contribution in [0.2, 0.25) is 0 Å². The van der Waals surface area contributed by atoms with Gasteiger partial charge in [0, 0.05) is 43.4 Å². The Bertz CT molecular complexity index is 558. The van der Waals surface area contributed by atoms with E-state index < -0.39 is 5.92 Å². The van der Waals surface area contributed by atoms with E-state index in [1.165, 1.54) is 0 Å². The van der Waals surface area contributed by atoms with E-state index in [2.05, 4.69) is 9.88 Å². The molecule has 106 valence electrons. The van der Waals surface area contributed by atoms with Gasteiger partial charge in [-0.15, -0.1) is 11.3 Å². The van der Waals surface area contributed by atoms with Gasteiger partial charge in [0.2, 0.25) is 0 Å². The van der Waals surface area contributed by atoms with Gasteiger partial charge in [0.15, 0.2) is 0 Å². The largest absolute Gasteiger partial charge is 0.297 e. The molecule has 0 saturated carbocycles. The first-order valence-electron chi connectivity index (χ1n) is 6.72. The number of thiazole rings is 1. The van der Waals surface area contributed by atoms with Gasteiger partial charge in [-0.2, -0.15) is 0 Å². The lowest BCUT2D eigenvalue weighted by atomic mass is 10.1. The molecular weight excluding hydrogens is 278 g/mol. The van der Waals surface area contributed by atoms with Crippen LogP contribution in [0.15, 0.2) is 35.7 Å². The molecule has 1 saturated heterocycles. The molecule has 0 unspecified atom stereocenters. The number of alkyl halides is 2. The second-order valence-electron chi connectivity index (χ2n) is 5.14. The first-order chi connectivity index (χ1) is 9.62. The van der Waals surface area contributed by atoms with Crippen molar-refractivity contribution in [3.63, 3.8) is 0 Å². The van der Waals surface area contributed by atoms with E-state index in [4.69, 9.17) is 0 Å². The standard InChI is InChI=1S/C15H16F2N2S/c16-15(17)6-8-19(9-7-15)10-13-11-20-14(18-13)12-4-2-1-3-5-12/h1-5,11H,6-10H2. The maximum Gasteiger partial charge on any atom is 0.250 e. The lowest BCUT2D eigenvalue weighted by molar-refractivity contribution is -0.0568. The maximum absolute atomic E-state index is 13.1. The topological polar surface area (TPSA) is 16.1 Å². The van der Waals surface area contributed by atoms with Crippen molar-refractivity contribution in [3.05, 3.63) is 41.4 Å². The van der Waals surface area contributed by atoms with Gasteiger partial charge in [-0.3, -0.25) is 4.90 Å². The summed E-state index contributed by atoms with van der Waals surface area (Å²) < 4.78 is 26.2. The molecule has 1 fully saturated rings. The number of hydrogen-bond donors (Lipinski definition) is 0. The molecule has 0 bridgehead atoms. The molecule has 2 heterocycles. The van der Waals surface area contributed by atoms with Gasteiger partial charge in [-0.1, -0.05) is 30.3 Å². The van der Waals surface area contributed by atoms with Crippen molar-refractivity contribution >= 4 is 11.3 Å². The molecule has 0 atom stereocenters. The molecule has 2 aromatic rings. The predicted octanol–water partition coefficient (Wildman–Crippen LogP) is 4.04. The number of piperidine rings is 1. The number of likely N-dealkylation sites (tertiary alicyclic amines) is 1. The van der Waals surface area contributed by atoms with Crippen LogP contribution >= 0.6 is 11.3 Å². The zero-order valence-electron chi connectivity index (χ0n) is 11.1. The van der Waals surface area contributed by atoms with Gasteiger partial charge in [0.05, 0.1) is 5.69 Å². The molecule has 3 rings (SSSR count). The monoisotopic (exact) mass is 294 g/mol. The number of aromatic nitrogens is 1. The van der Waals surface area contributed by atoms with Crippen LogP contribution in [0, 0.1) is 0 Å².